The summed E-state index contributed by atoms with van der Waals surface area (Å²) < 4.78 is 3.68. The van der Waals surface area contributed by atoms with Gasteiger partial charge >= 0.3 is 120 Å². The van der Waals surface area contributed by atoms with Crippen molar-refractivity contribution in [2.45, 2.75) is 6.54 Å². The Morgan fingerprint density at radius 1 is 0.941 bits per heavy atom. The van der Waals surface area contributed by atoms with Gasteiger partial charge in [-0.15, -0.1) is 0 Å². The molecule has 0 atom stereocenters. The molecule has 0 spiro atoms. The molecule has 3 aromatic rings. The Morgan fingerprint density at radius 3 is 2.47 bits per heavy atom. The minimum atomic E-state index is 0. The minimum absolute atomic E-state index is 0. The molecule has 0 fully saturated rings. The van der Waals surface area contributed by atoms with Gasteiger partial charge in [0.05, 0.1) is 0 Å². The number of hydrogen-bond donors (Lipinski definition) is 0. The summed E-state index contributed by atoms with van der Waals surface area (Å²) >= 11 is 0.380. The van der Waals surface area contributed by atoms with Gasteiger partial charge in [0.2, 0.25) is 0 Å². The molecule has 0 aliphatic carbocycles. The van der Waals surface area contributed by atoms with Crippen LogP contribution in [0.3, 0.4) is 0 Å². The number of nitrogens with zero attached hydrogens (tertiary/aromatic N) is 1. The van der Waals surface area contributed by atoms with Gasteiger partial charge in [-0.25, -0.2) is 0 Å². The summed E-state index contributed by atoms with van der Waals surface area (Å²) in [7, 11) is 0. The topological polar surface area (TPSA) is 3.88 Å². The van der Waals surface area contributed by atoms with Crippen molar-refractivity contribution >= 4 is 24.3 Å². The first-order valence-corrected chi connectivity index (χ1v) is 6.98. The fraction of sp³-hybridized carbons (Fsp3) is 0.0714. The van der Waals surface area contributed by atoms with Gasteiger partial charge < -0.3 is 0 Å². The molecule has 1 aromatic heterocycles. The number of para-hydroxylation sites is 1. The predicted octanol–water partition coefficient (Wildman–Crippen LogP) is 2.03. The molecule has 0 saturated carbocycles. The van der Waals surface area contributed by atoms with Crippen LogP contribution in [0.5, 0.6) is 0 Å². The van der Waals surface area contributed by atoms with Crippen LogP contribution in [0.15, 0.2) is 54.6 Å². The van der Waals surface area contributed by atoms with E-state index in [0.29, 0.717) is 14.5 Å². The summed E-state index contributed by atoms with van der Waals surface area (Å²) in [5, 5.41) is 3.47. The zero-order chi connectivity index (χ0) is 10.8. The van der Waals surface area contributed by atoms with Crippen LogP contribution >= 0.6 is 0 Å². The molecule has 0 unspecified atom stereocenters. The maximum atomic E-state index is 3.47. The molecule has 17 heavy (non-hydrogen) atoms. The van der Waals surface area contributed by atoms with Crippen LogP contribution in [-0.4, -0.2) is 14.5 Å². The number of fused-ring (bicyclic) bond motifs is 1. The molecule has 0 bridgehead atoms. The molecular formula is C14H11NRuSe+. The third-order valence-corrected chi connectivity index (χ3v) is 4.44. The predicted molar refractivity (Wildman–Crippen MR) is 65.5 cm³/mol. The van der Waals surface area contributed by atoms with E-state index in [4.69, 9.17) is 0 Å². The van der Waals surface area contributed by atoms with E-state index in [9.17, 15) is 0 Å². The van der Waals surface area contributed by atoms with Crippen molar-refractivity contribution in [2.75, 3.05) is 0 Å². The van der Waals surface area contributed by atoms with Crippen molar-refractivity contribution in [2.24, 2.45) is 0 Å². The molecule has 1 nitrogen and oxygen atoms in total. The average molecular weight is 373 g/mol. The second-order valence-electron chi connectivity index (χ2n) is 3.73. The Hall–Kier alpha value is -0.747. The van der Waals surface area contributed by atoms with Crippen molar-refractivity contribution in [3.8, 4) is 0 Å². The average Bonchev–Trinajstić information content (AvgIpc) is 2.74. The Labute approximate surface area is 120 Å². The SMILES string of the molecule is [Ru+].[c-]1[se]c2ccccc2[n+]1Cc1ccccc1. The summed E-state index contributed by atoms with van der Waals surface area (Å²) in [6, 6.07) is 19.1. The Balaban J connectivity index is 0.00000108. The summed E-state index contributed by atoms with van der Waals surface area (Å²) in [5.74, 6) is 0. The molecule has 0 amide bonds. The van der Waals surface area contributed by atoms with Gasteiger partial charge in [-0.1, -0.05) is 0 Å². The van der Waals surface area contributed by atoms with Gasteiger partial charge in [0, 0.05) is 0 Å². The van der Waals surface area contributed by atoms with E-state index in [1.54, 1.807) is 0 Å². The van der Waals surface area contributed by atoms with Crippen molar-refractivity contribution in [3.63, 3.8) is 0 Å². The number of rotatable bonds is 2. The zero-order valence-electron chi connectivity index (χ0n) is 9.11. The van der Waals surface area contributed by atoms with Crippen molar-refractivity contribution < 1.29 is 24.0 Å². The van der Waals surface area contributed by atoms with E-state index in [1.807, 2.05) is 0 Å². The van der Waals surface area contributed by atoms with Gasteiger partial charge in [0.25, 0.3) is 0 Å². The molecule has 0 N–H and O–H groups in total. The Bertz CT molecular complexity index is 604. The second kappa shape index (κ2) is 5.73. The van der Waals surface area contributed by atoms with E-state index in [1.165, 1.54) is 15.3 Å². The zero-order valence-corrected chi connectivity index (χ0v) is 12.6. The van der Waals surface area contributed by atoms with Crippen LogP contribution in [0.1, 0.15) is 5.56 Å². The van der Waals surface area contributed by atoms with Crippen LogP contribution in [0.4, 0.5) is 0 Å². The first-order valence-electron chi connectivity index (χ1n) is 5.26. The fourth-order valence-corrected chi connectivity index (χ4v) is 3.48. The van der Waals surface area contributed by atoms with E-state index in [2.05, 4.69) is 64.2 Å². The van der Waals surface area contributed by atoms with Gasteiger partial charge in [-0.05, 0) is 0 Å². The van der Waals surface area contributed by atoms with Gasteiger partial charge in [0.15, 0.2) is 0 Å². The van der Waals surface area contributed by atoms with E-state index < -0.39 is 0 Å². The Morgan fingerprint density at radius 2 is 1.65 bits per heavy atom. The van der Waals surface area contributed by atoms with Gasteiger partial charge in [0.1, 0.15) is 0 Å². The molecule has 0 aliphatic heterocycles. The van der Waals surface area contributed by atoms with Crippen LogP contribution in [0.25, 0.3) is 9.78 Å². The van der Waals surface area contributed by atoms with Crippen LogP contribution in [0, 0.1) is 5.07 Å². The first-order chi connectivity index (χ1) is 7.93. The standard InChI is InChI=1S/C14H11NSe.Ru/c1-2-6-12(7-3-1)10-15-11-16-14-9-5-4-8-13(14)15;/h1-9H,10H2;/q;+1. The van der Waals surface area contributed by atoms with E-state index >= 15 is 0 Å². The molecule has 85 valence electrons. The summed E-state index contributed by atoms with van der Waals surface area (Å²) in [6.07, 6.45) is 0. The third-order valence-electron chi connectivity index (χ3n) is 2.61. The summed E-state index contributed by atoms with van der Waals surface area (Å²) in [5.41, 5.74) is 2.66. The maximum absolute atomic E-state index is 3.47. The number of hydrogen-bond acceptors (Lipinski definition) is 0. The van der Waals surface area contributed by atoms with Crippen molar-refractivity contribution in [1.29, 1.82) is 0 Å². The molecule has 3 rings (SSSR count). The van der Waals surface area contributed by atoms with Crippen LogP contribution < -0.4 is 4.57 Å². The van der Waals surface area contributed by atoms with Crippen molar-refractivity contribution in [3.05, 3.63) is 65.2 Å². The summed E-state index contributed by atoms with van der Waals surface area (Å²) in [4.78, 5) is 0. The van der Waals surface area contributed by atoms with Crippen molar-refractivity contribution in [1.82, 2.24) is 0 Å². The second-order valence-corrected chi connectivity index (χ2v) is 5.47. The normalized spacial score (nSPS) is 10.1. The van der Waals surface area contributed by atoms with Crippen LogP contribution in [-0.2, 0) is 26.0 Å². The molecule has 1 radical (unpaired) electrons. The molecule has 0 aliphatic rings. The summed E-state index contributed by atoms with van der Waals surface area (Å²) in [6.45, 7) is 0.930. The van der Waals surface area contributed by atoms with Gasteiger partial charge in [-0.3, -0.25) is 0 Å². The monoisotopic (exact) mass is 375 g/mol. The molecule has 1 heterocycles. The quantitative estimate of drug-likeness (QED) is 0.368. The Kier molecular flexibility index (Phi) is 4.28. The number of aromatic nitrogens is 1. The van der Waals surface area contributed by atoms with Crippen LogP contribution in [0.2, 0.25) is 0 Å². The number of benzene rings is 2. The molecule has 3 heteroatoms. The first kappa shape index (κ1) is 12.7. The fourth-order valence-electron chi connectivity index (χ4n) is 1.80. The van der Waals surface area contributed by atoms with Gasteiger partial charge in [-0.2, -0.15) is 0 Å². The van der Waals surface area contributed by atoms with E-state index in [-0.39, 0.29) is 19.5 Å². The molecular weight excluding hydrogens is 362 g/mol. The molecule has 0 saturated heterocycles. The van der Waals surface area contributed by atoms with E-state index in [0.717, 1.165) is 6.54 Å². The third kappa shape index (κ3) is 2.74. The molecule has 2 aromatic carbocycles.